The van der Waals surface area contributed by atoms with Crippen molar-refractivity contribution in [3.8, 4) is 0 Å². The van der Waals surface area contributed by atoms with Gasteiger partial charge in [-0.15, -0.1) is 0 Å². The number of allylic oxidation sites excluding steroid dienone is 2. The van der Waals surface area contributed by atoms with Crippen molar-refractivity contribution in [2.24, 2.45) is 4.99 Å². The average molecular weight is 611 g/mol. The number of hydrogen-bond acceptors (Lipinski definition) is 8. The molecule has 0 atom stereocenters. The predicted octanol–water partition coefficient (Wildman–Crippen LogP) is 4.79. The Labute approximate surface area is 265 Å². The number of Topliss-reactive ketones (excluding diaryl/α,β-unsaturated/α-hetero) is 1. The second-order valence-corrected chi connectivity index (χ2v) is 14.2. The van der Waals surface area contributed by atoms with Crippen LogP contribution in [0, 0.1) is 0 Å². The van der Waals surface area contributed by atoms with Gasteiger partial charge in [0.2, 0.25) is 5.78 Å². The molecule has 0 saturated carbocycles. The SMILES string of the molecule is O=C1C(c2cc3c4c(ccc5c4c2NC2(CCOCC2)N5)CC3)=C(O)/C1=c1/cc2c3c(ccc4c3c1NC1(CCOCC1)N=4)CC2. The highest BCUT2D eigenvalue weighted by atomic mass is 16.5. The molecule has 4 N–H and O–H groups in total. The van der Waals surface area contributed by atoms with Crippen molar-refractivity contribution in [2.75, 3.05) is 42.4 Å². The van der Waals surface area contributed by atoms with E-state index in [0.717, 1.165) is 95.3 Å². The number of rotatable bonds is 1. The van der Waals surface area contributed by atoms with Gasteiger partial charge < -0.3 is 30.5 Å². The van der Waals surface area contributed by atoms with E-state index in [2.05, 4.69) is 52.3 Å². The third-order valence-electron chi connectivity index (χ3n) is 11.8. The highest BCUT2D eigenvalue weighted by Crippen LogP contribution is 2.51. The Hall–Kier alpha value is -4.40. The maximum Gasteiger partial charge on any atom is 0.201 e. The first kappa shape index (κ1) is 25.8. The predicted molar refractivity (Wildman–Crippen MR) is 178 cm³/mol. The van der Waals surface area contributed by atoms with Crippen molar-refractivity contribution in [2.45, 2.75) is 62.7 Å². The molecule has 2 spiro atoms. The van der Waals surface area contributed by atoms with Crippen LogP contribution < -0.4 is 26.5 Å². The standard InChI is InChI=1S/C38H34N4O4/c43-35-29(23-17-21-3-1-19-5-7-25-31(27(19)21)33(23)41-37(39-25)9-13-45-14-10-37)36(44)30(35)24-18-22-4-2-20-6-8-26-32(28(20)22)34(24)42-38(40-26)11-15-46-16-12-38/h5-8,17-18,39,41-43H,1-4,9-16H2/b30-24+. The zero-order valence-corrected chi connectivity index (χ0v) is 25.6. The van der Waals surface area contributed by atoms with Crippen LogP contribution in [0.4, 0.5) is 17.1 Å². The molecule has 0 amide bonds. The number of benzene rings is 4. The molecule has 0 radical (unpaired) electrons. The molecular weight excluding hydrogens is 576 g/mol. The van der Waals surface area contributed by atoms with Crippen molar-refractivity contribution < 1.29 is 19.4 Å². The summed E-state index contributed by atoms with van der Waals surface area (Å²) in [7, 11) is 0. The maximum absolute atomic E-state index is 14.6. The van der Waals surface area contributed by atoms with E-state index in [-0.39, 0.29) is 17.2 Å². The van der Waals surface area contributed by atoms with Gasteiger partial charge in [-0.2, -0.15) is 0 Å². The summed E-state index contributed by atoms with van der Waals surface area (Å²) in [6.07, 6.45) is 6.95. The molecule has 46 heavy (non-hydrogen) atoms. The zero-order valence-electron chi connectivity index (χ0n) is 25.6. The van der Waals surface area contributed by atoms with Gasteiger partial charge in [-0.25, -0.2) is 0 Å². The Balaban J connectivity index is 1.16. The average Bonchev–Trinajstić information content (AvgIpc) is 3.69. The molecule has 0 aromatic heterocycles. The summed E-state index contributed by atoms with van der Waals surface area (Å²) in [6, 6.07) is 13.2. The van der Waals surface area contributed by atoms with Gasteiger partial charge >= 0.3 is 0 Å². The van der Waals surface area contributed by atoms with Crippen LogP contribution in [0.25, 0.3) is 32.7 Å². The number of hydrogen-bond donors (Lipinski definition) is 4. The lowest BCUT2D eigenvalue weighted by molar-refractivity contribution is -0.109. The monoisotopic (exact) mass is 610 g/mol. The highest BCUT2D eigenvalue weighted by molar-refractivity contribution is 6.52. The first-order valence-electron chi connectivity index (χ1n) is 16.8. The molecule has 11 rings (SSSR count). The van der Waals surface area contributed by atoms with Gasteiger partial charge in [0.15, 0.2) is 0 Å². The number of carbonyl (C=O) groups is 1. The Morgan fingerprint density at radius 1 is 0.674 bits per heavy atom. The normalized spacial score (nSPS) is 23.8. The number of aliphatic hydroxyl groups is 1. The number of ketones is 1. The quantitative estimate of drug-likeness (QED) is 0.246. The van der Waals surface area contributed by atoms with Gasteiger partial charge in [-0.1, -0.05) is 12.1 Å². The topological polar surface area (TPSA) is 104 Å². The Morgan fingerprint density at radius 3 is 2.11 bits per heavy atom. The second-order valence-electron chi connectivity index (χ2n) is 14.2. The van der Waals surface area contributed by atoms with Crippen LogP contribution in [0.5, 0.6) is 0 Å². The van der Waals surface area contributed by atoms with Crippen LogP contribution in [-0.2, 0) is 40.0 Å². The molecule has 230 valence electrons. The molecule has 4 heterocycles. The first-order chi connectivity index (χ1) is 22.5. The van der Waals surface area contributed by atoms with Gasteiger partial charge in [-0.3, -0.25) is 9.79 Å². The van der Waals surface area contributed by atoms with Crippen molar-refractivity contribution >= 4 is 55.5 Å². The minimum absolute atomic E-state index is 0.0914. The molecule has 4 aromatic rings. The van der Waals surface area contributed by atoms with Crippen LogP contribution in [0.3, 0.4) is 0 Å². The molecule has 2 fully saturated rings. The fourth-order valence-corrected chi connectivity index (χ4v) is 9.47. The minimum Gasteiger partial charge on any atom is -0.506 e. The Bertz CT molecular complexity index is 2290. The van der Waals surface area contributed by atoms with E-state index >= 15 is 0 Å². The Kier molecular flexibility index (Phi) is 4.86. The lowest BCUT2D eigenvalue weighted by atomic mass is 9.78. The number of nitrogens with one attached hydrogen (secondary N) is 3. The number of anilines is 3. The third kappa shape index (κ3) is 3.21. The minimum atomic E-state index is -0.477. The lowest BCUT2D eigenvalue weighted by Gasteiger charge is -2.45. The molecule has 4 aliphatic heterocycles. The molecule has 8 nitrogen and oxygen atoms in total. The van der Waals surface area contributed by atoms with Crippen LogP contribution in [0.15, 0.2) is 47.1 Å². The summed E-state index contributed by atoms with van der Waals surface area (Å²) in [5.74, 6) is -0.00472. The van der Waals surface area contributed by atoms with E-state index in [4.69, 9.17) is 14.5 Å². The van der Waals surface area contributed by atoms with Gasteiger partial charge in [0, 0.05) is 52.9 Å². The summed E-state index contributed by atoms with van der Waals surface area (Å²) in [5, 5.41) is 30.1. The summed E-state index contributed by atoms with van der Waals surface area (Å²) in [4.78, 5) is 19.8. The van der Waals surface area contributed by atoms with Gasteiger partial charge in [0.05, 0.1) is 54.3 Å². The number of aliphatic hydroxyl groups excluding tert-OH is 1. The van der Waals surface area contributed by atoms with E-state index in [0.29, 0.717) is 37.6 Å². The van der Waals surface area contributed by atoms with Crippen molar-refractivity contribution in [3.05, 3.63) is 80.6 Å². The molecule has 3 aliphatic carbocycles. The summed E-state index contributed by atoms with van der Waals surface area (Å²) >= 11 is 0. The number of carbonyl (C=O) groups excluding carboxylic acids is 1. The zero-order chi connectivity index (χ0) is 30.4. The summed E-state index contributed by atoms with van der Waals surface area (Å²) < 4.78 is 11.5. The summed E-state index contributed by atoms with van der Waals surface area (Å²) in [6.45, 7) is 2.60. The highest BCUT2D eigenvalue weighted by Gasteiger charge is 2.44. The van der Waals surface area contributed by atoms with E-state index in [1.54, 1.807) is 0 Å². The second kappa shape index (κ2) is 8.69. The number of aryl methyl sites for hydroxylation is 4. The number of ether oxygens (including phenoxy) is 2. The molecule has 0 unspecified atom stereocenters. The van der Waals surface area contributed by atoms with Gasteiger partial charge in [0.25, 0.3) is 0 Å². The van der Waals surface area contributed by atoms with Gasteiger partial charge in [0.1, 0.15) is 17.1 Å². The molecule has 4 aromatic carbocycles. The first-order valence-corrected chi connectivity index (χ1v) is 16.8. The third-order valence-corrected chi connectivity index (χ3v) is 11.8. The van der Waals surface area contributed by atoms with Crippen LogP contribution in [0.2, 0.25) is 0 Å². The Morgan fingerprint density at radius 2 is 1.35 bits per heavy atom. The van der Waals surface area contributed by atoms with Crippen LogP contribution in [0.1, 0.15) is 53.5 Å². The molecule has 8 heteroatoms. The van der Waals surface area contributed by atoms with Crippen molar-refractivity contribution in [1.29, 1.82) is 0 Å². The van der Waals surface area contributed by atoms with Crippen LogP contribution >= 0.6 is 0 Å². The fraction of sp³-hybridized carbons (Fsp3) is 0.368. The molecule has 0 bridgehead atoms. The molecule has 2 saturated heterocycles. The molecular formula is C38H34N4O4. The maximum atomic E-state index is 14.6. The van der Waals surface area contributed by atoms with E-state index < -0.39 is 5.66 Å². The largest absolute Gasteiger partial charge is 0.506 e. The molecule has 7 aliphatic rings. The van der Waals surface area contributed by atoms with Gasteiger partial charge in [-0.05, 0) is 83.0 Å². The van der Waals surface area contributed by atoms with E-state index in [1.165, 1.54) is 33.0 Å². The summed E-state index contributed by atoms with van der Waals surface area (Å²) in [5.41, 5.74) is 8.94. The van der Waals surface area contributed by atoms with E-state index in [9.17, 15) is 9.90 Å². The fourth-order valence-electron chi connectivity index (χ4n) is 9.47. The van der Waals surface area contributed by atoms with Crippen molar-refractivity contribution in [1.82, 2.24) is 0 Å². The van der Waals surface area contributed by atoms with Crippen LogP contribution in [-0.4, -0.2) is 48.6 Å². The van der Waals surface area contributed by atoms with E-state index in [1.807, 2.05) is 0 Å². The smallest absolute Gasteiger partial charge is 0.201 e. The number of nitrogens with zero attached hydrogens (tertiary/aromatic N) is 1. The lowest BCUT2D eigenvalue weighted by Crippen LogP contribution is -2.52. The van der Waals surface area contributed by atoms with Crippen molar-refractivity contribution in [3.63, 3.8) is 0 Å².